The van der Waals surface area contributed by atoms with Crippen LogP contribution in [0.4, 0.5) is 5.69 Å². The number of amides is 2. The number of carbonyl (C=O) groups is 3. The second-order valence-corrected chi connectivity index (χ2v) is 9.80. The maximum absolute atomic E-state index is 14.0. The Bertz CT molecular complexity index is 1450. The van der Waals surface area contributed by atoms with Crippen LogP contribution in [-0.4, -0.2) is 38.6 Å². The molecule has 9 heteroatoms. The number of nitrogens with one attached hydrogen (secondary N) is 1. The first kappa shape index (κ1) is 25.4. The molecule has 2 aromatic heterocycles. The van der Waals surface area contributed by atoms with Crippen molar-refractivity contribution in [1.29, 1.82) is 0 Å². The van der Waals surface area contributed by atoms with Crippen LogP contribution in [0.2, 0.25) is 0 Å². The van der Waals surface area contributed by atoms with Gasteiger partial charge in [0.1, 0.15) is 23.6 Å². The normalized spacial score (nSPS) is 14.8. The standard InChI is InChI=1S/C29H31N5O4/c1-19-12-17-26(38-19)28(29(37)30-22-8-4-3-5-9-22)34(23-15-13-21(14-16-23)20(2)35)27(36)18-33-25-11-7-6-10-24(25)31-32-33/h6-7,10-17,22,28H,3-5,8-9,18H2,1-2H3,(H,30,37). The molecule has 1 atom stereocenters. The molecule has 0 bridgehead atoms. The van der Waals surface area contributed by atoms with E-state index in [1.54, 1.807) is 43.3 Å². The Kier molecular flexibility index (Phi) is 7.35. The van der Waals surface area contributed by atoms with Gasteiger partial charge >= 0.3 is 0 Å². The summed E-state index contributed by atoms with van der Waals surface area (Å²) in [7, 11) is 0. The lowest BCUT2D eigenvalue weighted by Gasteiger charge is -2.32. The van der Waals surface area contributed by atoms with Crippen LogP contribution >= 0.6 is 0 Å². The van der Waals surface area contributed by atoms with Gasteiger partial charge < -0.3 is 9.73 Å². The van der Waals surface area contributed by atoms with Crippen molar-refractivity contribution in [2.45, 2.75) is 64.6 Å². The van der Waals surface area contributed by atoms with Gasteiger partial charge in [0.05, 0.1) is 5.52 Å². The number of Topliss-reactive ketones (excluding diaryl/α,β-unsaturated/α-hetero) is 1. The van der Waals surface area contributed by atoms with E-state index in [1.165, 1.54) is 16.5 Å². The van der Waals surface area contributed by atoms with Gasteiger partial charge in [0.15, 0.2) is 11.8 Å². The third-order valence-corrected chi connectivity index (χ3v) is 7.01. The van der Waals surface area contributed by atoms with Gasteiger partial charge in [-0.3, -0.25) is 19.3 Å². The van der Waals surface area contributed by atoms with Crippen molar-refractivity contribution in [3.63, 3.8) is 0 Å². The first-order chi connectivity index (χ1) is 18.4. The first-order valence-electron chi connectivity index (χ1n) is 13.0. The Labute approximate surface area is 220 Å². The van der Waals surface area contributed by atoms with Gasteiger partial charge in [0.2, 0.25) is 5.91 Å². The first-order valence-corrected chi connectivity index (χ1v) is 13.0. The number of hydrogen-bond donors (Lipinski definition) is 1. The number of aromatic nitrogens is 3. The lowest BCUT2D eigenvalue weighted by atomic mass is 9.95. The van der Waals surface area contributed by atoms with Crippen molar-refractivity contribution in [1.82, 2.24) is 20.3 Å². The van der Waals surface area contributed by atoms with E-state index in [2.05, 4.69) is 15.6 Å². The third-order valence-electron chi connectivity index (χ3n) is 7.01. The maximum atomic E-state index is 14.0. The molecule has 1 saturated carbocycles. The Morgan fingerprint density at radius 3 is 2.45 bits per heavy atom. The van der Waals surface area contributed by atoms with Crippen LogP contribution < -0.4 is 10.2 Å². The molecule has 38 heavy (non-hydrogen) atoms. The molecular weight excluding hydrogens is 482 g/mol. The fraction of sp³-hybridized carbons (Fsp3) is 0.345. The lowest BCUT2D eigenvalue weighted by molar-refractivity contribution is -0.128. The maximum Gasteiger partial charge on any atom is 0.251 e. The van der Waals surface area contributed by atoms with Crippen molar-refractivity contribution in [2.24, 2.45) is 0 Å². The van der Waals surface area contributed by atoms with Crippen molar-refractivity contribution in [3.05, 3.63) is 77.7 Å². The molecule has 0 saturated heterocycles. The highest BCUT2D eigenvalue weighted by molar-refractivity contribution is 6.02. The van der Waals surface area contributed by atoms with Gasteiger partial charge in [-0.2, -0.15) is 0 Å². The number of ketones is 1. The average molecular weight is 514 g/mol. The predicted molar refractivity (Wildman–Crippen MR) is 143 cm³/mol. The number of hydrogen-bond acceptors (Lipinski definition) is 6. The fourth-order valence-electron chi connectivity index (χ4n) is 5.03. The minimum atomic E-state index is -1.05. The van der Waals surface area contributed by atoms with Gasteiger partial charge in [0, 0.05) is 17.3 Å². The van der Waals surface area contributed by atoms with Crippen molar-refractivity contribution < 1.29 is 18.8 Å². The number of furan rings is 1. The minimum Gasteiger partial charge on any atom is -0.464 e. The number of benzene rings is 2. The smallest absolute Gasteiger partial charge is 0.251 e. The second-order valence-electron chi connectivity index (χ2n) is 9.80. The van der Waals surface area contributed by atoms with E-state index in [9.17, 15) is 14.4 Å². The quantitative estimate of drug-likeness (QED) is 0.340. The SMILES string of the molecule is CC(=O)c1ccc(N(C(=O)Cn2nnc3ccccc32)C(C(=O)NC2CCCCC2)c2ccc(C)o2)cc1. The summed E-state index contributed by atoms with van der Waals surface area (Å²) >= 11 is 0. The van der Waals surface area contributed by atoms with Crippen LogP contribution in [0.1, 0.15) is 66.9 Å². The number of rotatable bonds is 8. The summed E-state index contributed by atoms with van der Waals surface area (Å²) in [6, 6.07) is 16.6. The zero-order valence-corrected chi connectivity index (χ0v) is 21.6. The average Bonchev–Trinajstić information content (AvgIpc) is 3.53. The molecule has 196 valence electrons. The lowest BCUT2D eigenvalue weighted by Crippen LogP contribution is -2.48. The van der Waals surface area contributed by atoms with Crippen LogP contribution in [0.3, 0.4) is 0 Å². The molecule has 1 N–H and O–H groups in total. The van der Waals surface area contributed by atoms with Crippen LogP contribution in [0, 0.1) is 6.92 Å². The Balaban J connectivity index is 1.55. The Morgan fingerprint density at radius 2 is 1.76 bits per heavy atom. The third kappa shape index (κ3) is 5.37. The number of nitrogens with zero attached hydrogens (tertiary/aromatic N) is 4. The molecular formula is C29H31N5O4. The van der Waals surface area contributed by atoms with Crippen LogP contribution in [-0.2, 0) is 16.1 Å². The van der Waals surface area contributed by atoms with Crippen molar-refractivity contribution in [3.8, 4) is 0 Å². The summed E-state index contributed by atoms with van der Waals surface area (Å²) in [4.78, 5) is 41.3. The second kappa shape index (κ2) is 11.0. The molecule has 1 unspecified atom stereocenters. The van der Waals surface area contributed by atoms with Gasteiger partial charge in [-0.25, -0.2) is 4.68 Å². The van der Waals surface area contributed by atoms with E-state index < -0.39 is 6.04 Å². The van der Waals surface area contributed by atoms with Crippen LogP contribution in [0.15, 0.2) is 65.1 Å². The summed E-state index contributed by atoms with van der Waals surface area (Å²) in [5, 5.41) is 11.5. The predicted octanol–water partition coefficient (Wildman–Crippen LogP) is 4.76. The van der Waals surface area contributed by atoms with E-state index in [0.29, 0.717) is 33.8 Å². The molecule has 0 aliphatic heterocycles. The van der Waals surface area contributed by atoms with Gasteiger partial charge in [-0.15, -0.1) is 5.10 Å². The van der Waals surface area contributed by atoms with E-state index in [0.717, 1.165) is 32.1 Å². The molecule has 4 aromatic rings. The fourth-order valence-corrected chi connectivity index (χ4v) is 5.03. The molecule has 2 amide bonds. The highest BCUT2D eigenvalue weighted by Gasteiger charge is 2.36. The van der Waals surface area contributed by atoms with E-state index >= 15 is 0 Å². The molecule has 5 rings (SSSR count). The zero-order valence-electron chi connectivity index (χ0n) is 21.6. The number of aryl methyl sites for hydroxylation is 1. The zero-order chi connectivity index (χ0) is 26.6. The largest absolute Gasteiger partial charge is 0.464 e. The highest BCUT2D eigenvalue weighted by atomic mass is 16.3. The molecule has 1 aliphatic carbocycles. The van der Waals surface area contributed by atoms with Crippen LogP contribution in [0.25, 0.3) is 11.0 Å². The summed E-state index contributed by atoms with van der Waals surface area (Å²) in [6.45, 7) is 3.15. The van der Waals surface area contributed by atoms with Crippen molar-refractivity contribution >= 4 is 34.3 Å². The summed E-state index contributed by atoms with van der Waals surface area (Å²) in [6.07, 6.45) is 5.09. The van der Waals surface area contributed by atoms with Gasteiger partial charge in [-0.1, -0.05) is 36.6 Å². The number of carbonyl (C=O) groups excluding carboxylic acids is 3. The van der Waals surface area contributed by atoms with Crippen molar-refractivity contribution in [2.75, 3.05) is 4.90 Å². The van der Waals surface area contributed by atoms with E-state index in [-0.39, 0.29) is 30.2 Å². The topological polar surface area (TPSA) is 110 Å². The van der Waals surface area contributed by atoms with Gasteiger partial charge in [0.25, 0.3) is 5.91 Å². The minimum absolute atomic E-state index is 0.0473. The number of para-hydroxylation sites is 1. The van der Waals surface area contributed by atoms with Gasteiger partial charge in [-0.05, 0) is 75.2 Å². The highest BCUT2D eigenvalue weighted by Crippen LogP contribution is 2.31. The molecule has 0 spiro atoms. The Hall–Kier alpha value is -4.27. The summed E-state index contributed by atoms with van der Waals surface area (Å²) in [5.74, 6) is 0.241. The monoisotopic (exact) mass is 513 g/mol. The Morgan fingerprint density at radius 1 is 1.03 bits per heavy atom. The summed E-state index contributed by atoms with van der Waals surface area (Å²) in [5.41, 5.74) is 2.37. The van der Waals surface area contributed by atoms with E-state index in [4.69, 9.17) is 4.42 Å². The number of fused-ring (bicyclic) bond motifs is 1. The van der Waals surface area contributed by atoms with Crippen LogP contribution in [0.5, 0.6) is 0 Å². The molecule has 1 fully saturated rings. The summed E-state index contributed by atoms with van der Waals surface area (Å²) < 4.78 is 7.46. The van der Waals surface area contributed by atoms with E-state index in [1.807, 2.05) is 24.3 Å². The number of anilines is 1. The molecule has 2 aromatic carbocycles. The molecule has 0 radical (unpaired) electrons. The molecule has 9 nitrogen and oxygen atoms in total. The molecule has 1 aliphatic rings. The molecule has 2 heterocycles.